The third-order valence-electron chi connectivity index (χ3n) is 2.10. The van der Waals surface area contributed by atoms with E-state index in [0.29, 0.717) is 0 Å². The van der Waals surface area contributed by atoms with Crippen molar-refractivity contribution in [2.24, 2.45) is 0 Å². The van der Waals surface area contributed by atoms with Gasteiger partial charge in [0, 0.05) is 12.2 Å². The lowest BCUT2D eigenvalue weighted by molar-refractivity contribution is -0.779. The summed E-state index contributed by atoms with van der Waals surface area (Å²) in [4.78, 5) is 0. The topological polar surface area (TPSA) is 12.0 Å². The molecule has 0 aromatic heterocycles. The van der Waals surface area contributed by atoms with Gasteiger partial charge in [0.25, 0.3) is 5.11 Å². The molecule has 3 heteroatoms. The number of nitrogens with zero attached hydrogens (tertiary/aromatic N) is 1. The minimum absolute atomic E-state index is 0.815. The number of quaternary nitrogens is 1. The van der Waals surface area contributed by atoms with Crippen molar-refractivity contribution in [3.63, 3.8) is 0 Å². The maximum Gasteiger partial charge on any atom is 0.278 e. The maximum atomic E-state index is 5.15. The Morgan fingerprint density at radius 3 is 2.30 bits per heavy atom. The summed E-state index contributed by atoms with van der Waals surface area (Å²) in [5.74, 6) is 0. The van der Waals surface area contributed by atoms with Gasteiger partial charge in [0.15, 0.2) is 0 Å². The van der Waals surface area contributed by atoms with E-state index < -0.39 is 0 Å². The summed E-state index contributed by atoms with van der Waals surface area (Å²) in [5.41, 5.74) is 0. The van der Waals surface area contributed by atoms with Crippen molar-refractivity contribution < 1.29 is 4.48 Å². The molecule has 56 valence electrons. The van der Waals surface area contributed by atoms with Crippen LogP contribution in [0.1, 0.15) is 13.8 Å². The average Bonchev–Trinajstić information content (AvgIpc) is 2.32. The monoisotopic (exact) mass is 157 g/mol. The molecule has 0 saturated heterocycles. The zero-order valence-electron chi connectivity index (χ0n) is 6.42. The van der Waals surface area contributed by atoms with Crippen LogP contribution in [0, 0.1) is 0 Å². The van der Waals surface area contributed by atoms with Gasteiger partial charge in [0.05, 0.1) is 19.3 Å². The number of hydrogen-bond acceptors (Lipinski definition) is 1. The second kappa shape index (κ2) is 2.68. The Bertz CT molecular complexity index is 170. The van der Waals surface area contributed by atoms with Gasteiger partial charge in [-0.2, -0.15) is 0 Å². The first-order valence-corrected chi connectivity index (χ1v) is 4.01. The Kier molecular flexibility index (Phi) is 2.06. The normalized spacial score (nSPS) is 21.2. The minimum Gasteiger partial charge on any atom is -0.302 e. The molecule has 0 saturated carbocycles. The van der Waals surface area contributed by atoms with Crippen LogP contribution in [0.3, 0.4) is 0 Å². The van der Waals surface area contributed by atoms with Gasteiger partial charge in [-0.25, -0.2) is 4.48 Å². The molecule has 0 aliphatic carbocycles. The molecule has 1 aliphatic heterocycles. The SMILES string of the molecule is CC[N+]1(CC)C=CNC1=S. The molecule has 0 aromatic rings. The summed E-state index contributed by atoms with van der Waals surface area (Å²) in [6.45, 7) is 6.37. The van der Waals surface area contributed by atoms with Crippen molar-refractivity contribution in [3.8, 4) is 0 Å². The van der Waals surface area contributed by atoms with Gasteiger partial charge in [-0.3, -0.25) is 0 Å². The highest BCUT2D eigenvalue weighted by Gasteiger charge is 2.30. The first kappa shape index (κ1) is 7.69. The molecule has 2 nitrogen and oxygen atoms in total. The molecule has 0 radical (unpaired) electrons. The predicted octanol–water partition coefficient (Wildman–Crippen LogP) is 1.20. The summed E-state index contributed by atoms with van der Waals surface area (Å²) in [7, 11) is 0. The zero-order valence-corrected chi connectivity index (χ0v) is 7.24. The first-order chi connectivity index (χ1) is 4.75. The molecule has 1 rings (SSSR count). The Morgan fingerprint density at radius 2 is 2.10 bits per heavy atom. The van der Waals surface area contributed by atoms with Crippen molar-refractivity contribution in [1.29, 1.82) is 0 Å². The number of rotatable bonds is 2. The van der Waals surface area contributed by atoms with Gasteiger partial charge < -0.3 is 5.32 Å². The van der Waals surface area contributed by atoms with E-state index in [1.54, 1.807) is 0 Å². The Hall–Kier alpha value is -0.410. The molecular formula is C7H13N2S+. The fourth-order valence-electron chi connectivity index (χ4n) is 1.17. The summed E-state index contributed by atoms with van der Waals surface area (Å²) >= 11 is 5.15. The molecular weight excluding hydrogens is 144 g/mol. The van der Waals surface area contributed by atoms with Crippen LogP contribution in [0.15, 0.2) is 12.4 Å². The summed E-state index contributed by atoms with van der Waals surface area (Å²) in [6.07, 6.45) is 4.04. The fourth-order valence-corrected chi connectivity index (χ4v) is 1.56. The van der Waals surface area contributed by atoms with Crippen LogP contribution in [-0.4, -0.2) is 22.7 Å². The highest BCUT2D eigenvalue weighted by Crippen LogP contribution is 2.12. The summed E-state index contributed by atoms with van der Waals surface area (Å²) in [6, 6.07) is 0. The van der Waals surface area contributed by atoms with Crippen LogP contribution in [0.2, 0.25) is 0 Å². The number of thiocarbonyl (C=S) groups is 1. The lowest BCUT2D eigenvalue weighted by atomic mass is 10.4. The molecule has 0 amide bonds. The van der Waals surface area contributed by atoms with E-state index >= 15 is 0 Å². The molecule has 1 N–H and O–H groups in total. The van der Waals surface area contributed by atoms with Crippen molar-refractivity contribution in [1.82, 2.24) is 5.32 Å². The third kappa shape index (κ3) is 0.954. The van der Waals surface area contributed by atoms with E-state index in [-0.39, 0.29) is 0 Å². The average molecular weight is 157 g/mol. The van der Waals surface area contributed by atoms with E-state index in [2.05, 4.69) is 25.4 Å². The van der Waals surface area contributed by atoms with Crippen molar-refractivity contribution in [3.05, 3.63) is 12.4 Å². The number of nitrogens with one attached hydrogen (secondary N) is 1. The van der Waals surface area contributed by atoms with Gasteiger partial charge in [-0.05, 0) is 13.8 Å². The predicted molar refractivity (Wildman–Crippen MR) is 46.2 cm³/mol. The fraction of sp³-hybridized carbons (Fsp3) is 0.571. The third-order valence-corrected chi connectivity index (χ3v) is 2.58. The van der Waals surface area contributed by atoms with Gasteiger partial charge >= 0.3 is 0 Å². The van der Waals surface area contributed by atoms with E-state index in [0.717, 1.165) is 22.7 Å². The van der Waals surface area contributed by atoms with Gasteiger partial charge in [-0.1, -0.05) is 0 Å². The molecule has 0 atom stereocenters. The first-order valence-electron chi connectivity index (χ1n) is 3.60. The zero-order chi connectivity index (χ0) is 7.61. The van der Waals surface area contributed by atoms with Gasteiger partial charge in [0.2, 0.25) is 0 Å². The lowest BCUT2D eigenvalue weighted by Crippen LogP contribution is -2.47. The molecule has 0 fully saturated rings. The summed E-state index contributed by atoms with van der Waals surface area (Å²) < 4.78 is 0.815. The van der Waals surface area contributed by atoms with Crippen LogP contribution in [0.25, 0.3) is 0 Å². The Morgan fingerprint density at radius 1 is 1.50 bits per heavy atom. The maximum absolute atomic E-state index is 5.15. The highest BCUT2D eigenvalue weighted by atomic mass is 32.1. The Balaban J connectivity index is 2.81. The van der Waals surface area contributed by atoms with Crippen LogP contribution in [-0.2, 0) is 0 Å². The largest absolute Gasteiger partial charge is 0.302 e. The van der Waals surface area contributed by atoms with Crippen LogP contribution >= 0.6 is 12.2 Å². The van der Waals surface area contributed by atoms with Crippen LogP contribution in [0.4, 0.5) is 0 Å². The van der Waals surface area contributed by atoms with E-state index in [1.165, 1.54) is 0 Å². The van der Waals surface area contributed by atoms with E-state index in [9.17, 15) is 0 Å². The van der Waals surface area contributed by atoms with E-state index in [1.807, 2.05) is 6.20 Å². The molecule has 0 aromatic carbocycles. The molecule has 0 unspecified atom stereocenters. The number of hydrogen-bond donors (Lipinski definition) is 1. The highest BCUT2D eigenvalue weighted by molar-refractivity contribution is 7.80. The molecule has 1 aliphatic rings. The standard InChI is InChI=1S/C7H12N2S/c1-3-9(4-2)6-5-8-7(9)10/h5-6H,3-4H2,1-2H3/p+1. The summed E-state index contributed by atoms with van der Waals surface area (Å²) in [5, 5.41) is 3.96. The van der Waals surface area contributed by atoms with Crippen molar-refractivity contribution in [2.45, 2.75) is 13.8 Å². The second-order valence-corrected chi connectivity index (χ2v) is 2.82. The van der Waals surface area contributed by atoms with E-state index in [4.69, 9.17) is 12.2 Å². The molecule has 1 heterocycles. The Labute approximate surface area is 67.1 Å². The smallest absolute Gasteiger partial charge is 0.278 e. The quantitative estimate of drug-likeness (QED) is 0.477. The second-order valence-electron chi connectivity index (χ2n) is 2.43. The van der Waals surface area contributed by atoms with Crippen LogP contribution in [0.5, 0.6) is 0 Å². The molecule has 0 spiro atoms. The molecule has 10 heavy (non-hydrogen) atoms. The van der Waals surface area contributed by atoms with Crippen molar-refractivity contribution >= 4 is 17.3 Å². The minimum atomic E-state index is 0.815. The van der Waals surface area contributed by atoms with Gasteiger partial charge in [-0.15, -0.1) is 0 Å². The lowest BCUT2D eigenvalue weighted by Gasteiger charge is -2.26. The van der Waals surface area contributed by atoms with Crippen LogP contribution < -0.4 is 5.32 Å². The van der Waals surface area contributed by atoms with Gasteiger partial charge in [0.1, 0.15) is 6.20 Å². The molecule has 0 bridgehead atoms. The van der Waals surface area contributed by atoms with Crippen molar-refractivity contribution in [2.75, 3.05) is 13.1 Å².